The first-order chi connectivity index (χ1) is 36.5. The minimum Gasteiger partial charge on any atom is -0.465 e. The van der Waals surface area contributed by atoms with Crippen molar-refractivity contribution in [2.45, 2.75) is 239 Å². The number of carbonyl (C=O) groups is 7. The third kappa shape index (κ3) is 35.9. The largest absolute Gasteiger partial charge is 0.465 e. The monoisotopic (exact) mass is 1070 g/mol. The molecule has 2 atom stereocenters. The van der Waals surface area contributed by atoms with Gasteiger partial charge in [-0.15, -0.1) is 0 Å². The van der Waals surface area contributed by atoms with Crippen LogP contribution in [-0.4, -0.2) is 143 Å². The van der Waals surface area contributed by atoms with Gasteiger partial charge in [-0.2, -0.15) is 0 Å². The Morgan fingerprint density at radius 1 is 0.453 bits per heavy atom. The average molecular weight is 1070 g/mol. The lowest BCUT2D eigenvalue weighted by Gasteiger charge is -2.27. The van der Waals surface area contributed by atoms with E-state index in [2.05, 4.69) is 32.6 Å². The Labute approximate surface area is 451 Å². The Morgan fingerprint density at radius 3 is 1.23 bits per heavy atom. The Bertz CT molecular complexity index is 1480. The smallest absolute Gasteiger partial charge is 0.410 e. The van der Waals surface area contributed by atoms with Crippen molar-refractivity contribution in [2.75, 3.05) is 79.0 Å². The second-order valence-electron chi connectivity index (χ2n) is 20.8. The van der Waals surface area contributed by atoms with Gasteiger partial charge in [0.1, 0.15) is 19.3 Å². The van der Waals surface area contributed by atoms with Crippen molar-refractivity contribution >= 4 is 41.9 Å². The fraction of sp³-hybridized carbons (Fsp3) is 0.879. The number of unbranched alkanes of at least 4 members (excludes halogenated alkanes) is 20. The number of rotatable bonds is 46. The number of morpholine rings is 1. The number of likely N-dealkylation sites (tertiary alicyclic amines) is 1. The molecule has 0 saturated carbocycles. The van der Waals surface area contributed by atoms with E-state index in [1.54, 1.807) is 0 Å². The maximum absolute atomic E-state index is 13.7. The molecule has 0 radical (unpaired) electrons. The van der Waals surface area contributed by atoms with Gasteiger partial charge in [-0.3, -0.25) is 38.6 Å². The maximum Gasteiger partial charge on any atom is 0.410 e. The summed E-state index contributed by atoms with van der Waals surface area (Å²) in [5, 5.41) is 0. The third-order valence-corrected chi connectivity index (χ3v) is 13.9. The molecule has 2 heterocycles. The van der Waals surface area contributed by atoms with Crippen molar-refractivity contribution in [3.63, 3.8) is 0 Å². The summed E-state index contributed by atoms with van der Waals surface area (Å²) in [6, 6.07) is -0.715. The number of carbonyl (C=O) groups excluding carboxylic acids is 7. The topological polar surface area (TPSA) is 200 Å². The Kier molecular flexibility index (Phi) is 40.3. The van der Waals surface area contributed by atoms with E-state index in [4.69, 9.17) is 37.9 Å². The second kappa shape index (κ2) is 45.1. The van der Waals surface area contributed by atoms with E-state index in [0.29, 0.717) is 58.5 Å². The molecule has 0 unspecified atom stereocenters. The molecule has 434 valence electrons. The van der Waals surface area contributed by atoms with Crippen LogP contribution in [0.1, 0.15) is 227 Å². The van der Waals surface area contributed by atoms with Crippen LogP contribution in [0.3, 0.4) is 0 Å². The van der Waals surface area contributed by atoms with Crippen LogP contribution in [0.4, 0.5) is 4.79 Å². The van der Waals surface area contributed by atoms with E-state index in [1.165, 1.54) is 4.90 Å². The fourth-order valence-electron chi connectivity index (χ4n) is 9.13. The van der Waals surface area contributed by atoms with Gasteiger partial charge >= 0.3 is 41.9 Å². The van der Waals surface area contributed by atoms with Crippen molar-refractivity contribution < 1.29 is 71.5 Å². The predicted octanol–water partition coefficient (Wildman–Crippen LogP) is 11.2. The number of esters is 6. The Hall–Kier alpha value is -3.99. The van der Waals surface area contributed by atoms with Crippen molar-refractivity contribution in [1.29, 1.82) is 0 Å². The van der Waals surface area contributed by atoms with Gasteiger partial charge in [0.25, 0.3) is 0 Å². The minimum atomic E-state index is -0.788. The minimum absolute atomic E-state index is 0.0266. The standard InChI is InChI=1S/C58H102N2O15/c1-5-9-13-17-21-25-29-52(61)70-43-48(44-71-53(62)30-26-22-18-14-10-6-2)39-56(65)74-47-50-41-51(42-60(50)58(67)69-38-35-59-33-36-68-37-34-59)75-57(66)40-49(45-72-54(63)31-27-23-19-15-11-7-3)46-73-55(64)32-28-24-20-16-12-8-4/h48-51H,5-47H2,1-4H3/t50-,51+/m0/s1. The molecule has 0 aliphatic carbocycles. The summed E-state index contributed by atoms with van der Waals surface area (Å²) in [7, 11) is 0. The van der Waals surface area contributed by atoms with Gasteiger partial charge in [-0.25, -0.2) is 4.79 Å². The van der Waals surface area contributed by atoms with Gasteiger partial charge < -0.3 is 37.9 Å². The molecule has 2 fully saturated rings. The molecule has 0 bridgehead atoms. The van der Waals surface area contributed by atoms with E-state index in [9.17, 15) is 33.6 Å². The molecule has 75 heavy (non-hydrogen) atoms. The van der Waals surface area contributed by atoms with Gasteiger partial charge in [0, 0.05) is 63.6 Å². The van der Waals surface area contributed by atoms with Crippen molar-refractivity contribution in [2.24, 2.45) is 11.8 Å². The molecule has 0 aromatic heterocycles. The third-order valence-electron chi connectivity index (χ3n) is 13.9. The number of hydrogen-bond donors (Lipinski definition) is 0. The van der Waals surface area contributed by atoms with Crippen molar-refractivity contribution in [3.8, 4) is 0 Å². The zero-order valence-corrected chi connectivity index (χ0v) is 47.2. The predicted molar refractivity (Wildman–Crippen MR) is 287 cm³/mol. The van der Waals surface area contributed by atoms with Crippen molar-refractivity contribution in [3.05, 3.63) is 0 Å². The van der Waals surface area contributed by atoms with Crippen LogP contribution < -0.4 is 0 Å². The second-order valence-corrected chi connectivity index (χ2v) is 20.8. The number of amides is 1. The maximum atomic E-state index is 13.7. The highest BCUT2D eigenvalue weighted by Crippen LogP contribution is 2.24. The average Bonchev–Trinajstić information content (AvgIpc) is 3.81. The molecular weight excluding hydrogens is 965 g/mol. The van der Waals surface area contributed by atoms with Gasteiger partial charge in [0.05, 0.1) is 65.1 Å². The van der Waals surface area contributed by atoms with Crippen LogP contribution in [0.15, 0.2) is 0 Å². The van der Waals surface area contributed by atoms with Crippen LogP contribution in [0.25, 0.3) is 0 Å². The molecule has 17 nitrogen and oxygen atoms in total. The number of nitrogens with zero attached hydrogens (tertiary/aromatic N) is 2. The number of ether oxygens (including phenoxy) is 8. The lowest BCUT2D eigenvalue weighted by atomic mass is 10.1. The van der Waals surface area contributed by atoms with Gasteiger partial charge in [-0.1, -0.05) is 156 Å². The molecule has 0 aromatic rings. The highest BCUT2D eigenvalue weighted by atomic mass is 16.6. The molecule has 1 amide bonds. The Morgan fingerprint density at radius 2 is 0.827 bits per heavy atom. The summed E-state index contributed by atoms with van der Waals surface area (Å²) < 4.78 is 45.2. The van der Waals surface area contributed by atoms with E-state index in [-0.39, 0.29) is 115 Å². The Balaban J connectivity index is 2.11. The van der Waals surface area contributed by atoms with Crippen LogP contribution in [0.2, 0.25) is 0 Å². The van der Waals surface area contributed by atoms with E-state index < -0.39 is 42.0 Å². The molecule has 0 aromatic carbocycles. The summed E-state index contributed by atoms with van der Waals surface area (Å²) in [5.41, 5.74) is 0. The van der Waals surface area contributed by atoms with Gasteiger partial charge in [0.2, 0.25) is 0 Å². The van der Waals surface area contributed by atoms with Crippen LogP contribution in [0.5, 0.6) is 0 Å². The van der Waals surface area contributed by atoms with E-state index in [1.807, 2.05) is 0 Å². The normalized spacial score (nSPS) is 15.7. The highest BCUT2D eigenvalue weighted by Gasteiger charge is 2.39. The first-order valence-corrected chi connectivity index (χ1v) is 29.7. The van der Waals surface area contributed by atoms with E-state index in [0.717, 1.165) is 128 Å². The lowest BCUT2D eigenvalue weighted by Crippen LogP contribution is -2.42. The summed E-state index contributed by atoms with van der Waals surface area (Å²) in [6.45, 7) is 11.1. The van der Waals surface area contributed by atoms with Gasteiger partial charge in [-0.05, 0) is 25.7 Å². The first kappa shape index (κ1) is 67.1. The fourth-order valence-corrected chi connectivity index (χ4v) is 9.13. The molecule has 2 rings (SSSR count). The summed E-state index contributed by atoms with van der Waals surface area (Å²) >= 11 is 0. The number of hydrogen-bond acceptors (Lipinski definition) is 16. The molecule has 0 N–H and O–H groups in total. The quantitative estimate of drug-likeness (QED) is 0.0316. The molecule has 17 heteroatoms. The lowest BCUT2D eigenvalue weighted by molar-refractivity contribution is -0.157. The van der Waals surface area contributed by atoms with Crippen LogP contribution >= 0.6 is 0 Å². The highest BCUT2D eigenvalue weighted by molar-refractivity contribution is 5.73. The van der Waals surface area contributed by atoms with Crippen LogP contribution in [0, 0.1) is 11.8 Å². The van der Waals surface area contributed by atoms with Crippen LogP contribution in [-0.2, 0) is 66.7 Å². The van der Waals surface area contributed by atoms with E-state index >= 15 is 0 Å². The summed E-state index contributed by atoms with van der Waals surface area (Å²) in [4.78, 5) is 95.3. The summed E-state index contributed by atoms with van der Waals surface area (Å²) in [6.07, 6.45) is 23.7. The van der Waals surface area contributed by atoms with Gasteiger partial charge in [0.15, 0.2) is 0 Å². The van der Waals surface area contributed by atoms with Crippen molar-refractivity contribution in [1.82, 2.24) is 9.80 Å². The zero-order chi connectivity index (χ0) is 54.6. The molecular formula is C58H102N2O15. The first-order valence-electron chi connectivity index (χ1n) is 29.7. The molecule has 0 spiro atoms. The zero-order valence-electron chi connectivity index (χ0n) is 47.2. The molecule has 2 saturated heterocycles. The SMILES string of the molecule is CCCCCCCCC(=O)OCC(COC(=O)CCCCCCCC)CC(=O)OC[C@@H]1C[C@@H](OC(=O)CC(COC(=O)CCCCCCCC)COC(=O)CCCCCCCC)CN1C(=O)OCCN1CCOCC1. The molecule has 2 aliphatic heterocycles. The summed E-state index contributed by atoms with van der Waals surface area (Å²) in [5.74, 6) is -4.08. The molecule has 2 aliphatic rings.